The zero-order chi connectivity index (χ0) is 28.8. The Morgan fingerprint density at radius 3 is 2.22 bits per heavy atom. The van der Waals surface area contributed by atoms with Crippen LogP contribution in [0.15, 0.2) is 107 Å². The number of nitro groups is 1. The molecule has 5 rings (SSSR count). The minimum absolute atomic E-state index is 0.00902. The number of benzene rings is 4. The number of carbonyl (C=O) groups excluding carboxylic acids is 1. The van der Waals surface area contributed by atoms with E-state index in [0.29, 0.717) is 39.5 Å². The first kappa shape index (κ1) is 28.4. The number of amides is 1. The minimum atomic E-state index is -0.459. The third kappa shape index (κ3) is 7.16. The molecule has 206 valence electrons. The van der Waals surface area contributed by atoms with Gasteiger partial charge in [-0.05, 0) is 58.8 Å². The van der Waals surface area contributed by atoms with Gasteiger partial charge in [0.25, 0.3) is 11.6 Å². The number of rotatable bonds is 9. The van der Waals surface area contributed by atoms with Crippen molar-refractivity contribution in [2.24, 2.45) is 4.99 Å². The van der Waals surface area contributed by atoms with E-state index in [4.69, 9.17) is 32.9 Å². The molecule has 7 nitrogen and oxygen atoms in total. The second-order valence-electron chi connectivity index (χ2n) is 9.09. The van der Waals surface area contributed by atoms with Crippen molar-refractivity contribution in [2.75, 3.05) is 0 Å². The molecule has 10 heteroatoms. The molecule has 0 unspecified atom stereocenters. The fourth-order valence-corrected chi connectivity index (χ4v) is 5.65. The maximum absolute atomic E-state index is 13.7. The average molecular weight is 605 g/mol. The van der Waals surface area contributed by atoms with Gasteiger partial charge in [0.1, 0.15) is 12.4 Å². The van der Waals surface area contributed by atoms with Crippen LogP contribution in [0.1, 0.15) is 22.3 Å². The van der Waals surface area contributed by atoms with Gasteiger partial charge in [0.05, 0.1) is 27.9 Å². The summed E-state index contributed by atoms with van der Waals surface area (Å²) in [5, 5.41) is 12.2. The molecule has 1 aliphatic heterocycles. The molecular weight excluding hydrogens is 581 g/mol. The monoisotopic (exact) mass is 603 g/mol. The summed E-state index contributed by atoms with van der Waals surface area (Å²) in [5.74, 6) is 0.155. The van der Waals surface area contributed by atoms with E-state index in [0.717, 1.165) is 16.7 Å². The van der Waals surface area contributed by atoms with Crippen molar-refractivity contribution in [1.82, 2.24) is 4.90 Å². The number of hydrogen-bond acceptors (Lipinski definition) is 6. The largest absolute Gasteiger partial charge is 0.487 e. The smallest absolute Gasteiger partial charge is 0.269 e. The van der Waals surface area contributed by atoms with E-state index >= 15 is 0 Å². The summed E-state index contributed by atoms with van der Waals surface area (Å²) in [5.41, 5.74) is 3.26. The minimum Gasteiger partial charge on any atom is -0.487 e. The standard InChI is InChI=1S/C31H23Cl2N3O4S/c32-25-15-24(29(27(33)17-25)40-20-23-11-13-26(14-12-23)36(38)39)16-28-30(37)35(19-22-9-5-2-6-10-22)31(41-28)34-18-21-7-3-1-4-8-21/h1-17H,18-20H2/b28-16+,34-31?. The number of nitrogens with zero attached hydrogens (tertiary/aromatic N) is 3. The van der Waals surface area contributed by atoms with Gasteiger partial charge in [-0.3, -0.25) is 24.8 Å². The maximum atomic E-state index is 13.7. The lowest BCUT2D eigenvalue weighted by Gasteiger charge is -2.16. The van der Waals surface area contributed by atoms with E-state index in [9.17, 15) is 14.9 Å². The van der Waals surface area contributed by atoms with Crippen LogP contribution >= 0.6 is 35.0 Å². The molecule has 1 fully saturated rings. The summed E-state index contributed by atoms with van der Waals surface area (Å²) < 4.78 is 6.04. The first-order valence-electron chi connectivity index (χ1n) is 12.6. The summed E-state index contributed by atoms with van der Waals surface area (Å²) in [6, 6.07) is 28.9. The maximum Gasteiger partial charge on any atom is 0.269 e. The van der Waals surface area contributed by atoms with Crippen molar-refractivity contribution >= 4 is 57.8 Å². The van der Waals surface area contributed by atoms with Gasteiger partial charge in [0.2, 0.25) is 0 Å². The van der Waals surface area contributed by atoms with Crippen LogP contribution in [0.2, 0.25) is 10.0 Å². The van der Waals surface area contributed by atoms with Crippen molar-refractivity contribution in [3.63, 3.8) is 0 Å². The van der Waals surface area contributed by atoms with E-state index in [1.54, 1.807) is 35.2 Å². The molecule has 1 heterocycles. The normalized spacial score (nSPS) is 15.1. The van der Waals surface area contributed by atoms with Crippen LogP contribution in [0.3, 0.4) is 0 Å². The highest BCUT2D eigenvalue weighted by atomic mass is 35.5. The highest BCUT2D eigenvalue weighted by molar-refractivity contribution is 8.18. The summed E-state index contributed by atoms with van der Waals surface area (Å²) in [4.78, 5) is 31.1. The summed E-state index contributed by atoms with van der Waals surface area (Å²) >= 11 is 14.1. The van der Waals surface area contributed by atoms with Gasteiger partial charge in [-0.2, -0.15) is 0 Å². The number of non-ortho nitro benzene ring substituents is 1. The number of hydrogen-bond donors (Lipinski definition) is 0. The molecule has 0 aromatic heterocycles. The van der Waals surface area contributed by atoms with E-state index in [1.165, 1.54) is 23.9 Å². The van der Waals surface area contributed by atoms with Gasteiger partial charge in [-0.15, -0.1) is 0 Å². The molecule has 1 aliphatic rings. The fraction of sp³-hybridized carbons (Fsp3) is 0.0968. The Kier molecular flexibility index (Phi) is 9.04. The molecule has 1 amide bonds. The number of aliphatic imine (C=N–C) groups is 1. The van der Waals surface area contributed by atoms with Crippen LogP contribution in [0.25, 0.3) is 6.08 Å². The zero-order valence-electron chi connectivity index (χ0n) is 21.6. The number of carbonyl (C=O) groups is 1. The summed E-state index contributed by atoms with van der Waals surface area (Å²) in [6.45, 7) is 0.916. The van der Waals surface area contributed by atoms with Gasteiger partial charge in [-0.1, -0.05) is 83.9 Å². The van der Waals surface area contributed by atoms with Crippen LogP contribution in [0.5, 0.6) is 5.75 Å². The van der Waals surface area contributed by atoms with Crippen molar-refractivity contribution in [3.05, 3.63) is 144 Å². The number of thioether (sulfide) groups is 1. The van der Waals surface area contributed by atoms with Crippen LogP contribution in [-0.2, 0) is 24.5 Å². The lowest BCUT2D eigenvalue weighted by Crippen LogP contribution is -2.28. The molecule has 0 radical (unpaired) electrons. The summed E-state index contributed by atoms with van der Waals surface area (Å²) in [6.07, 6.45) is 1.71. The Hall–Kier alpha value is -4.11. The van der Waals surface area contributed by atoms with E-state index in [-0.39, 0.29) is 23.2 Å². The van der Waals surface area contributed by atoms with Gasteiger partial charge in [-0.25, -0.2) is 0 Å². The van der Waals surface area contributed by atoms with Crippen molar-refractivity contribution < 1.29 is 14.5 Å². The Morgan fingerprint density at radius 2 is 1.56 bits per heavy atom. The molecular formula is C31H23Cl2N3O4S. The highest BCUT2D eigenvalue weighted by Crippen LogP contribution is 2.39. The fourth-order valence-electron chi connectivity index (χ4n) is 4.12. The second-order valence-corrected chi connectivity index (χ2v) is 10.9. The number of nitro benzene ring substituents is 1. The molecule has 0 aliphatic carbocycles. The summed E-state index contributed by atoms with van der Waals surface area (Å²) in [7, 11) is 0. The van der Waals surface area contributed by atoms with E-state index < -0.39 is 4.92 Å². The molecule has 41 heavy (non-hydrogen) atoms. The van der Waals surface area contributed by atoms with Gasteiger partial charge in [0.15, 0.2) is 5.17 Å². The average Bonchev–Trinajstić information content (AvgIpc) is 3.26. The molecule has 4 aromatic carbocycles. The molecule has 0 bridgehead atoms. The quantitative estimate of drug-likeness (QED) is 0.109. The predicted molar refractivity (Wildman–Crippen MR) is 164 cm³/mol. The SMILES string of the molecule is O=C1/C(=C\c2cc(Cl)cc(Cl)c2OCc2ccc([N+](=O)[O-])cc2)SC(=NCc2ccccc2)N1Cc1ccccc1. The number of ether oxygens (including phenoxy) is 1. The van der Waals surface area contributed by atoms with Gasteiger partial charge in [0, 0.05) is 22.7 Å². The van der Waals surface area contributed by atoms with Crippen LogP contribution in [-0.4, -0.2) is 20.9 Å². The predicted octanol–water partition coefficient (Wildman–Crippen LogP) is 8.15. The molecule has 0 spiro atoms. The van der Waals surface area contributed by atoms with Crippen molar-refractivity contribution in [3.8, 4) is 5.75 Å². The Bertz CT molecular complexity index is 1630. The van der Waals surface area contributed by atoms with E-state index in [2.05, 4.69) is 0 Å². The van der Waals surface area contributed by atoms with Gasteiger partial charge < -0.3 is 4.74 Å². The van der Waals surface area contributed by atoms with Crippen LogP contribution in [0, 0.1) is 10.1 Å². The first-order chi connectivity index (χ1) is 19.9. The molecule has 0 atom stereocenters. The Labute approximate surface area is 251 Å². The van der Waals surface area contributed by atoms with Gasteiger partial charge >= 0.3 is 0 Å². The van der Waals surface area contributed by atoms with Crippen molar-refractivity contribution in [1.29, 1.82) is 0 Å². The third-order valence-electron chi connectivity index (χ3n) is 6.17. The van der Waals surface area contributed by atoms with Crippen LogP contribution < -0.4 is 4.74 Å². The van der Waals surface area contributed by atoms with Crippen LogP contribution in [0.4, 0.5) is 5.69 Å². The highest BCUT2D eigenvalue weighted by Gasteiger charge is 2.33. The first-order valence-corrected chi connectivity index (χ1v) is 14.1. The van der Waals surface area contributed by atoms with E-state index in [1.807, 2.05) is 60.7 Å². The molecule has 0 N–H and O–H groups in total. The third-order valence-corrected chi connectivity index (χ3v) is 7.71. The number of halogens is 2. The molecule has 0 saturated carbocycles. The van der Waals surface area contributed by atoms with Crippen molar-refractivity contribution in [2.45, 2.75) is 19.7 Å². The molecule has 1 saturated heterocycles. The lowest BCUT2D eigenvalue weighted by atomic mass is 10.1. The Balaban J connectivity index is 1.44. The topological polar surface area (TPSA) is 85.0 Å². The lowest BCUT2D eigenvalue weighted by molar-refractivity contribution is -0.384. The number of amidine groups is 1. The second kappa shape index (κ2) is 13.0. The Morgan fingerprint density at radius 1 is 0.902 bits per heavy atom. The zero-order valence-corrected chi connectivity index (χ0v) is 23.9. The molecule has 4 aromatic rings.